The number of hydrazone groups is 1. The summed E-state index contributed by atoms with van der Waals surface area (Å²) in [5, 5.41) is 6.08. The molecule has 0 spiro atoms. The van der Waals surface area contributed by atoms with Gasteiger partial charge in [0, 0.05) is 14.1 Å². The van der Waals surface area contributed by atoms with Crippen LogP contribution in [0.4, 0.5) is 0 Å². The van der Waals surface area contributed by atoms with Gasteiger partial charge in [0.15, 0.2) is 0 Å². The topological polar surface area (TPSA) is 78.7 Å². The average molecular weight is 247 g/mol. The number of aryl methyl sites for hydroxylation is 1. The number of nitrogens with one attached hydrogen (secondary N) is 1. The second-order valence-electron chi connectivity index (χ2n) is 4.15. The molecule has 94 valence electrons. The maximum Gasteiger partial charge on any atom is 0.419 e. The van der Waals surface area contributed by atoms with Crippen molar-refractivity contribution in [2.45, 2.75) is 6.92 Å². The van der Waals surface area contributed by atoms with Crippen LogP contribution in [0.5, 0.6) is 0 Å². The fourth-order valence-electron chi connectivity index (χ4n) is 1.67. The van der Waals surface area contributed by atoms with E-state index >= 15 is 0 Å². The Bertz CT molecular complexity index is 725. The van der Waals surface area contributed by atoms with Crippen LogP contribution in [-0.2, 0) is 0 Å². The summed E-state index contributed by atoms with van der Waals surface area (Å²) < 4.78 is 4.50. The third-order valence-corrected chi connectivity index (χ3v) is 2.43. The van der Waals surface area contributed by atoms with Crippen LogP contribution in [0.15, 0.2) is 31.2 Å². The van der Waals surface area contributed by atoms with Crippen LogP contribution < -0.4 is 11.4 Å². The first-order chi connectivity index (χ1) is 8.47. The average Bonchev–Trinajstić information content (AvgIpc) is 2.28. The van der Waals surface area contributed by atoms with E-state index in [4.69, 9.17) is 0 Å². The maximum atomic E-state index is 11.6. The van der Waals surface area contributed by atoms with Gasteiger partial charge in [0.2, 0.25) is 0 Å². The quantitative estimate of drug-likeness (QED) is 0.625. The minimum atomic E-state index is -0.745. The van der Waals surface area contributed by atoms with Crippen LogP contribution in [0.3, 0.4) is 0 Å². The van der Waals surface area contributed by atoms with Crippen molar-refractivity contribution in [1.29, 1.82) is 0 Å². The second kappa shape index (κ2) is 4.48. The molecule has 0 aliphatic heterocycles. The first-order valence-electron chi connectivity index (χ1n) is 5.36. The molecule has 0 radical (unpaired) electrons. The van der Waals surface area contributed by atoms with Crippen molar-refractivity contribution in [3.8, 4) is 0 Å². The lowest BCUT2D eigenvalue weighted by Gasteiger charge is -2.04. The molecule has 1 aromatic carbocycles. The summed E-state index contributed by atoms with van der Waals surface area (Å²) >= 11 is 0. The fourth-order valence-corrected chi connectivity index (χ4v) is 1.67. The van der Waals surface area contributed by atoms with E-state index in [0.29, 0.717) is 10.9 Å². The molecule has 0 unspecified atom stereocenters. The molecule has 0 aliphatic rings. The minimum absolute atomic E-state index is 0.342. The van der Waals surface area contributed by atoms with Gasteiger partial charge in [-0.15, -0.1) is 0 Å². The van der Waals surface area contributed by atoms with Gasteiger partial charge < -0.3 is 9.43 Å². The summed E-state index contributed by atoms with van der Waals surface area (Å²) in [5.74, 6) is -0.745. The molecular weight excluding hydrogens is 234 g/mol. The van der Waals surface area contributed by atoms with Gasteiger partial charge in [0.1, 0.15) is 0 Å². The van der Waals surface area contributed by atoms with Crippen molar-refractivity contribution < 1.29 is 4.42 Å². The van der Waals surface area contributed by atoms with Gasteiger partial charge in [-0.05, 0) is 30.2 Å². The molecule has 0 saturated carbocycles. The van der Waals surface area contributed by atoms with Gasteiger partial charge >= 0.3 is 11.4 Å². The molecule has 0 fully saturated rings. The Balaban J connectivity index is 2.69. The Kier molecular flexibility index (Phi) is 3.01. The lowest BCUT2D eigenvalue weighted by atomic mass is 10.1. The molecule has 0 saturated heterocycles. The zero-order valence-electron chi connectivity index (χ0n) is 10.4. The molecule has 2 aromatic rings. The van der Waals surface area contributed by atoms with Crippen molar-refractivity contribution in [3.63, 3.8) is 0 Å². The minimum Gasteiger partial charge on any atom is -0.372 e. The molecule has 0 bridgehead atoms. The normalized spacial score (nSPS) is 11.3. The number of fused-ring (bicyclic) bond motifs is 1. The lowest BCUT2D eigenvalue weighted by Crippen LogP contribution is -2.15. The second-order valence-corrected chi connectivity index (χ2v) is 4.15. The van der Waals surface area contributed by atoms with Crippen LogP contribution in [-0.4, -0.2) is 30.3 Å². The van der Waals surface area contributed by atoms with E-state index < -0.39 is 11.4 Å². The Hall–Kier alpha value is -2.37. The van der Waals surface area contributed by atoms with Gasteiger partial charge in [-0.25, -0.2) is 9.59 Å². The van der Waals surface area contributed by atoms with E-state index in [1.165, 1.54) is 0 Å². The Morgan fingerprint density at radius 1 is 1.33 bits per heavy atom. The van der Waals surface area contributed by atoms with E-state index in [0.717, 1.165) is 11.1 Å². The van der Waals surface area contributed by atoms with Crippen molar-refractivity contribution >= 4 is 17.1 Å². The molecule has 0 amide bonds. The number of aromatic amines is 1. The molecule has 1 N–H and O–H groups in total. The van der Waals surface area contributed by atoms with E-state index in [9.17, 15) is 9.59 Å². The van der Waals surface area contributed by atoms with Crippen LogP contribution in [0.1, 0.15) is 11.1 Å². The fraction of sp³-hybridized carbons (Fsp3) is 0.250. The summed E-state index contributed by atoms with van der Waals surface area (Å²) in [4.78, 5) is 25.2. The molecule has 0 aliphatic carbocycles. The number of H-pyrrole nitrogens is 1. The Labute approximate surface area is 103 Å². The van der Waals surface area contributed by atoms with Crippen molar-refractivity contribution in [2.24, 2.45) is 5.10 Å². The molecule has 2 rings (SSSR count). The van der Waals surface area contributed by atoms with Gasteiger partial charge in [-0.3, -0.25) is 4.98 Å². The predicted molar refractivity (Wildman–Crippen MR) is 69.1 cm³/mol. The van der Waals surface area contributed by atoms with Crippen molar-refractivity contribution in [2.75, 3.05) is 14.1 Å². The van der Waals surface area contributed by atoms with Crippen LogP contribution in [0.2, 0.25) is 0 Å². The van der Waals surface area contributed by atoms with E-state index in [-0.39, 0.29) is 0 Å². The standard InChI is InChI=1S/C12H13N3O3/c1-7-4-8(6-13-15(2)3)5-9-10(7)14-12(17)18-11(9)16/h4-6H,1-3H3,(H,14,17). The third-order valence-electron chi connectivity index (χ3n) is 2.43. The number of aromatic nitrogens is 1. The molecule has 18 heavy (non-hydrogen) atoms. The monoisotopic (exact) mass is 247 g/mol. The Morgan fingerprint density at radius 2 is 2.06 bits per heavy atom. The highest BCUT2D eigenvalue weighted by Gasteiger charge is 2.06. The first-order valence-corrected chi connectivity index (χ1v) is 5.36. The molecule has 1 aromatic heterocycles. The third kappa shape index (κ3) is 2.32. The van der Waals surface area contributed by atoms with Crippen molar-refractivity contribution in [1.82, 2.24) is 9.99 Å². The van der Waals surface area contributed by atoms with Crippen LogP contribution in [0.25, 0.3) is 10.9 Å². The van der Waals surface area contributed by atoms with E-state index in [1.54, 1.807) is 31.4 Å². The largest absolute Gasteiger partial charge is 0.419 e. The highest BCUT2D eigenvalue weighted by atomic mass is 16.4. The molecule has 6 nitrogen and oxygen atoms in total. The highest BCUT2D eigenvalue weighted by molar-refractivity contribution is 5.89. The number of hydrogen-bond acceptors (Lipinski definition) is 5. The Morgan fingerprint density at radius 3 is 2.72 bits per heavy atom. The summed E-state index contributed by atoms with van der Waals surface area (Å²) in [7, 11) is 3.60. The molecular formula is C12H13N3O3. The van der Waals surface area contributed by atoms with Crippen LogP contribution in [0, 0.1) is 6.92 Å². The van der Waals surface area contributed by atoms with Gasteiger partial charge in [-0.2, -0.15) is 5.10 Å². The lowest BCUT2D eigenvalue weighted by molar-refractivity contribution is 0.440. The predicted octanol–water partition coefficient (Wildman–Crippen LogP) is 0.685. The van der Waals surface area contributed by atoms with Gasteiger partial charge in [-0.1, -0.05) is 0 Å². The summed E-state index contributed by atoms with van der Waals surface area (Å²) in [6.45, 7) is 1.81. The van der Waals surface area contributed by atoms with Gasteiger partial charge in [0.25, 0.3) is 0 Å². The zero-order valence-corrected chi connectivity index (χ0v) is 10.4. The van der Waals surface area contributed by atoms with Gasteiger partial charge in [0.05, 0.1) is 17.1 Å². The van der Waals surface area contributed by atoms with Crippen LogP contribution >= 0.6 is 0 Å². The summed E-state index contributed by atoms with van der Waals surface area (Å²) in [6.07, 6.45) is 1.64. The number of rotatable bonds is 2. The SMILES string of the molecule is Cc1cc(C=NN(C)C)cc2c(=O)oc(=O)[nH]c12. The van der Waals surface area contributed by atoms with Crippen molar-refractivity contribution in [3.05, 3.63) is 44.2 Å². The molecule has 6 heteroatoms. The smallest absolute Gasteiger partial charge is 0.372 e. The number of benzene rings is 1. The first kappa shape index (κ1) is 12.1. The van der Waals surface area contributed by atoms with E-state index in [2.05, 4.69) is 14.5 Å². The number of hydrogen-bond donors (Lipinski definition) is 1. The zero-order chi connectivity index (χ0) is 13.3. The summed E-state index contributed by atoms with van der Waals surface area (Å²) in [6, 6.07) is 3.47. The number of nitrogens with zero attached hydrogens (tertiary/aromatic N) is 2. The molecule has 0 atom stereocenters. The highest BCUT2D eigenvalue weighted by Crippen LogP contribution is 2.13. The van der Waals surface area contributed by atoms with E-state index in [1.807, 2.05) is 13.0 Å². The maximum absolute atomic E-state index is 11.6. The molecule has 1 heterocycles. The summed E-state index contributed by atoms with van der Waals surface area (Å²) in [5.41, 5.74) is 1.42.